The van der Waals surface area contributed by atoms with Gasteiger partial charge in [-0.1, -0.05) is 12.1 Å². The number of nitrogens with zero attached hydrogens (tertiary/aromatic N) is 2. The van der Waals surface area contributed by atoms with Crippen LogP contribution in [0, 0.1) is 11.3 Å². The molecule has 0 saturated heterocycles. The van der Waals surface area contributed by atoms with Crippen LogP contribution in [0.1, 0.15) is 22.7 Å². The van der Waals surface area contributed by atoms with E-state index in [0.717, 1.165) is 11.6 Å². The van der Waals surface area contributed by atoms with Crippen LogP contribution in [0.15, 0.2) is 42.5 Å². The Morgan fingerprint density at radius 3 is 2.50 bits per heavy atom. The molecular formula is C19H20F3N3O. The average Bonchev–Trinajstić information content (AvgIpc) is 2.61. The SMILES string of the molecule is COc1cccc(C(CNc2ccc(C#N)c(C(F)(F)F)c2)N(C)C)c1. The molecule has 7 heteroatoms. The van der Waals surface area contributed by atoms with Gasteiger partial charge in [0.1, 0.15) is 5.75 Å². The average molecular weight is 363 g/mol. The van der Waals surface area contributed by atoms with Crippen LogP contribution in [0.5, 0.6) is 5.75 Å². The smallest absolute Gasteiger partial charge is 0.417 e. The van der Waals surface area contributed by atoms with Crippen LogP contribution in [0.3, 0.4) is 0 Å². The van der Waals surface area contributed by atoms with E-state index >= 15 is 0 Å². The van der Waals surface area contributed by atoms with E-state index in [0.29, 0.717) is 18.0 Å². The van der Waals surface area contributed by atoms with E-state index < -0.39 is 11.7 Å². The fraction of sp³-hybridized carbons (Fsp3) is 0.316. The van der Waals surface area contributed by atoms with Crippen molar-refractivity contribution in [3.63, 3.8) is 0 Å². The molecule has 2 aromatic rings. The van der Waals surface area contributed by atoms with Crippen LogP contribution < -0.4 is 10.1 Å². The predicted octanol–water partition coefficient (Wildman–Crippen LogP) is 4.30. The van der Waals surface area contributed by atoms with E-state index in [-0.39, 0.29) is 11.6 Å². The summed E-state index contributed by atoms with van der Waals surface area (Å²) in [5, 5.41) is 11.9. The van der Waals surface area contributed by atoms with Crippen LogP contribution in [0.25, 0.3) is 0 Å². The number of rotatable bonds is 6. The number of nitriles is 1. The first kappa shape index (κ1) is 19.6. The summed E-state index contributed by atoms with van der Waals surface area (Å²) in [6.45, 7) is 0.392. The van der Waals surface area contributed by atoms with Gasteiger partial charge in [0, 0.05) is 12.2 Å². The molecule has 26 heavy (non-hydrogen) atoms. The van der Waals surface area contributed by atoms with Gasteiger partial charge in [0.2, 0.25) is 0 Å². The summed E-state index contributed by atoms with van der Waals surface area (Å²) in [6.07, 6.45) is -4.57. The van der Waals surface area contributed by atoms with Crippen molar-refractivity contribution in [2.45, 2.75) is 12.2 Å². The minimum absolute atomic E-state index is 0.0740. The molecule has 0 aliphatic carbocycles. The fourth-order valence-corrected chi connectivity index (χ4v) is 2.65. The molecule has 0 aliphatic heterocycles. The van der Waals surface area contributed by atoms with Gasteiger partial charge in [-0.25, -0.2) is 0 Å². The molecular weight excluding hydrogens is 343 g/mol. The van der Waals surface area contributed by atoms with E-state index in [4.69, 9.17) is 10.00 Å². The quantitative estimate of drug-likeness (QED) is 0.831. The second-order valence-corrected chi connectivity index (χ2v) is 6.01. The molecule has 0 saturated carbocycles. The van der Waals surface area contributed by atoms with E-state index in [2.05, 4.69) is 5.32 Å². The highest BCUT2D eigenvalue weighted by molar-refractivity contribution is 5.53. The molecule has 0 fully saturated rings. The summed E-state index contributed by atoms with van der Waals surface area (Å²) in [5.74, 6) is 0.715. The number of ether oxygens (including phenoxy) is 1. The van der Waals surface area contributed by atoms with Crippen LogP contribution in [0.2, 0.25) is 0 Å². The minimum atomic E-state index is -4.57. The van der Waals surface area contributed by atoms with Crippen molar-refractivity contribution < 1.29 is 17.9 Å². The fourth-order valence-electron chi connectivity index (χ4n) is 2.65. The first-order valence-electron chi connectivity index (χ1n) is 7.92. The number of hydrogen-bond acceptors (Lipinski definition) is 4. The molecule has 1 atom stereocenters. The zero-order valence-corrected chi connectivity index (χ0v) is 14.8. The lowest BCUT2D eigenvalue weighted by atomic mass is 10.0. The maximum absolute atomic E-state index is 13.1. The molecule has 0 heterocycles. The van der Waals surface area contributed by atoms with Gasteiger partial charge < -0.3 is 15.0 Å². The molecule has 0 aliphatic rings. The number of hydrogen-bond donors (Lipinski definition) is 1. The lowest BCUT2D eigenvalue weighted by Gasteiger charge is -2.26. The molecule has 4 nitrogen and oxygen atoms in total. The summed E-state index contributed by atoms with van der Waals surface area (Å²) in [4.78, 5) is 1.97. The van der Waals surface area contributed by atoms with Crippen molar-refractivity contribution in [3.05, 3.63) is 59.2 Å². The Hall–Kier alpha value is -2.72. The van der Waals surface area contributed by atoms with Crippen molar-refractivity contribution >= 4 is 5.69 Å². The van der Waals surface area contributed by atoms with Gasteiger partial charge in [-0.3, -0.25) is 0 Å². The number of anilines is 1. The molecule has 1 N–H and O–H groups in total. The molecule has 0 amide bonds. The van der Waals surface area contributed by atoms with Crippen molar-refractivity contribution in [3.8, 4) is 11.8 Å². The third-order valence-electron chi connectivity index (χ3n) is 4.05. The Balaban J connectivity index is 2.23. The van der Waals surface area contributed by atoms with Crippen molar-refractivity contribution in [2.24, 2.45) is 0 Å². The number of likely N-dealkylation sites (N-methyl/N-ethyl adjacent to an activating group) is 1. The summed E-state index contributed by atoms with van der Waals surface area (Å²) in [5.41, 5.74) is -0.0367. The topological polar surface area (TPSA) is 48.3 Å². The van der Waals surface area contributed by atoms with Gasteiger partial charge in [0.25, 0.3) is 0 Å². The second-order valence-electron chi connectivity index (χ2n) is 6.01. The van der Waals surface area contributed by atoms with E-state index in [9.17, 15) is 13.2 Å². The van der Waals surface area contributed by atoms with E-state index in [1.54, 1.807) is 13.2 Å². The molecule has 0 bridgehead atoms. The van der Waals surface area contributed by atoms with Gasteiger partial charge in [-0.05, 0) is 50.0 Å². The maximum Gasteiger partial charge on any atom is 0.417 e. The highest BCUT2D eigenvalue weighted by Gasteiger charge is 2.33. The van der Waals surface area contributed by atoms with Crippen LogP contribution in [0.4, 0.5) is 18.9 Å². The Bertz CT molecular complexity index is 797. The third-order valence-corrected chi connectivity index (χ3v) is 4.05. The van der Waals surface area contributed by atoms with E-state index in [1.165, 1.54) is 12.1 Å². The third kappa shape index (κ3) is 4.67. The van der Waals surface area contributed by atoms with Gasteiger partial charge in [0.05, 0.1) is 30.3 Å². The molecule has 0 aromatic heterocycles. The highest BCUT2D eigenvalue weighted by Crippen LogP contribution is 2.34. The molecule has 0 radical (unpaired) electrons. The monoisotopic (exact) mass is 363 g/mol. The zero-order valence-electron chi connectivity index (χ0n) is 14.8. The first-order chi connectivity index (χ1) is 12.3. The van der Waals surface area contributed by atoms with Crippen molar-refractivity contribution in [1.82, 2.24) is 4.90 Å². The lowest BCUT2D eigenvalue weighted by molar-refractivity contribution is -0.137. The van der Waals surface area contributed by atoms with E-state index in [1.807, 2.05) is 43.3 Å². The Kier molecular flexibility index (Phi) is 6.11. The summed E-state index contributed by atoms with van der Waals surface area (Å²) >= 11 is 0. The predicted molar refractivity (Wildman–Crippen MR) is 94.1 cm³/mol. The summed E-state index contributed by atoms with van der Waals surface area (Å²) in [6, 6.07) is 12.7. The van der Waals surface area contributed by atoms with Gasteiger partial charge in [0.15, 0.2) is 0 Å². The van der Waals surface area contributed by atoms with Crippen molar-refractivity contribution in [2.75, 3.05) is 33.1 Å². The molecule has 2 rings (SSSR count). The molecule has 0 spiro atoms. The number of halogens is 3. The van der Waals surface area contributed by atoms with Gasteiger partial charge in [-0.2, -0.15) is 18.4 Å². The summed E-state index contributed by atoms with van der Waals surface area (Å²) < 4.78 is 44.5. The normalized spacial score (nSPS) is 12.5. The van der Waals surface area contributed by atoms with Crippen LogP contribution in [-0.4, -0.2) is 32.6 Å². The minimum Gasteiger partial charge on any atom is -0.497 e. The first-order valence-corrected chi connectivity index (χ1v) is 7.92. The molecule has 1 unspecified atom stereocenters. The molecule has 2 aromatic carbocycles. The largest absolute Gasteiger partial charge is 0.497 e. The van der Waals surface area contributed by atoms with Crippen LogP contribution >= 0.6 is 0 Å². The Morgan fingerprint density at radius 2 is 1.92 bits per heavy atom. The number of alkyl halides is 3. The maximum atomic E-state index is 13.1. The van der Waals surface area contributed by atoms with Crippen molar-refractivity contribution in [1.29, 1.82) is 5.26 Å². The Labute approximate surface area is 150 Å². The zero-order chi connectivity index (χ0) is 19.3. The standard InChI is InChI=1S/C19H20F3N3O/c1-25(2)18(13-5-4-6-16(9-13)26-3)12-24-15-8-7-14(11-23)17(10-15)19(20,21)22/h4-10,18,24H,12H2,1-3H3. The van der Waals surface area contributed by atoms with Gasteiger partial charge in [-0.15, -0.1) is 0 Å². The van der Waals surface area contributed by atoms with Crippen LogP contribution in [-0.2, 0) is 6.18 Å². The second kappa shape index (κ2) is 8.11. The highest BCUT2D eigenvalue weighted by atomic mass is 19.4. The lowest BCUT2D eigenvalue weighted by Crippen LogP contribution is -2.27. The number of nitrogens with one attached hydrogen (secondary N) is 1. The van der Waals surface area contributed by atoms with Gasteiger partial charge >= 0.3 is 6.18 Å². The number of benzene rings is 2. The number of methoxy groups -OCH3 is 1. The Morgan fingerprint density at radius 1 is 1.19 bits per heavy atom. The molecule has 138 valence electrons. The summed E-state index contributed by atoms with van der Waals surface area (Å²) in [7, 11) is 5.37.